The molecule has 98 valence electrons. The van der Waals surface area contributed by atoms with Crippen molar-refractivity contribution in [3.05, 3.63) is 30.1 Å². The van der Waals surface area contributed by atoms with Gasteiger partial charge in [0, 0.05) is 26.7 Å². The van der Waals surface area contributed by atoms with Gasteiger partial charge in [-0.3, -0.25) is 4.79 Å². The highest BCUT2D eigenvalue weighted by molar-refractivity contribution is 5.86. The number of hydrogen-bond acceptors (Lipinski definition) is 3. The van der Waals surface area contributed by atoms with Crippen LogP contribution in [0.3, 0.4) is 0 Å². The van der Waals surface area contributed by atoms with Gasteiger partial charge in [0.1, 0.15) is 11.9 Å². The number of para-hydroxylation sites is 1. The van der Waals surface area contributed by atoms with Crippen molar-refractivity contribution in [2.75, 3.05) is 38.6 Å². The summed E-state index contributed by atoms with van der Waals surface area (Å²) in [6, 6.07) is 6.25. The van der Waals surface area contributed by atoms with Crippen LogP contribution in [0.1, 0.15) is 0 Å². The Hall–Kier alpha value is -1.62. The van der Waals surface area contributed by atoms with Gasteiger partial charge >= 0.3 is 0 Å². The molecule has 1 saturated heterocycles. The number of halogens is 1. The summed E-state index contributed by atoms with van der Waals surface area (Å²) >= 11 is 0. The van der Waals surface area contributed by atoms with Crippen LogP contribution in [-0.2, 0) is 4.79 Å². The Kier molecular flexibility index (Phi) is 3.81. The van der Waals surface area contributed by atoms with E-state index < -0.39 is 0 Å². The van der Waals surface area contributed by atoms with Crippen molar-refractivity contribution >= 4 is 11.6 Å². The van der Waals surface area contributed by atoms with E-state index in [1.54, 1.807) is 37.2 Å². The van der Waals surface area contributed by atoms with E-state index >= 15 is 0 Å². The first kappa shape index (κ1) is 12.8. The molecule has 1 heterocycles. The van der Waals surface area contributed by atoms with Crippen molar-refractivity contribution in [3.63, 3.8) is 0 Å². The number of piperazine rings is 1. The van der Waals surface area contributed by atoms with Gasteiger partial charge in [0.05, 0.1) is 5.69 Å². The molecule has 0 aliphatic carbocycles. The molecule has 0 aromatic heterocycles. The molecule has 0 bridgehead atoms. The summed E-state index contributed by atoms with van der Waals surface area (Å²) < 4.78 is 13.8. The van der Waals surface area contributed by atoms with E-state index in [0.29, 0.717) is 25.3 Å². The molecule has 1 N–H and O–H groups in total. The maximum absolute atomic E-state index is 13.8. The molecule has 18 heavy (non-hydrogen) atoms. The number of hydrogen-bond donors (Lipinski definition) is 1. The van der Waals surface area contributed by atoms with Crippen LogP contribution in [0.2, 0.25) is 0 Å². The van der Waals surface area contributed by atoms with E-state index in [1.807, 2.05) is 4.90 Å². The Morgan fingerprint density at radius 1 is 1.39 bits per heavy atom. The van der Waals surface area contributed by atoms with E-state index in [0.717, 1.165) is 0 Å². The zero-order chi connectivity index (χ0) is 13.1. The first-order chi connectivity index (χ1) is 8.65. The van der Waals surface area contributed by atoms with Crippen LogP contribution < -0.4 is 10.2 Å². The number of benzene rings is 1. The highest BCUT2D eigenvalue weighted by Gasteiger charge is 2.33. The van der Waals surface area contributed by atoms with Crippen LogP contribution in [0, 0.1) is 5.82 Å². The molecule has 0 spiro atoms. The number of carbonyl (C=O) groups excluding carboxylic acids is 1. The van der Waals surface area contributed by atoms with Crippen LogP contribution in [0.5, 0.6) is 0 Å². The second-order valence-electron chi connectivity index (χ2n) is 4.48. The smallest absolute Gasteiger partial charge is 0.246 e. The standard InChI is InChI=1S/C13H18FN3O/c1-15-9-12-13(18)16(2)7-8-17(12)11-6-4-3-5-10(11)14/h3-6,12,15H,7-9H2,1-2H3. The van der Waals surface area contributed by atoms with Crippen molar-refractivity contribution in [1.82, 2.24) is 10.2 Å². The second-order valence-corrected chi connectivity index (χ2v) is 4.48. The number of nitrogens with one attached hydrogen (secondary N) is 1. The summed E-state index contributed by atoms with van der Waals surface area (Å²) in [6.07, 6.45) is 0. The average molecular weight is 251 g/mol. The third-order valence-electron chi connectivity index (χ3n) is 3.27. The maximum Gasteiger partial charge on any atom is 0.246 e. The number of amides is 1. The lowest BCUT2D eigenvalue weighted by atomic mass is 10.1. The lowest BCUT2D eigenvalue weighted by molar-refractivity contribution is -0.132. The van der Waals surface area contributed by atoms with Crippen molar-refractivity contribution in [3.8, 4) is 0 Å². The van der Waals surface area contributed by atoms with Crippen LogP contribution in [0.15, 0.2) is 24.3 Å². The molecule has 1 aliphatic rings. The van der Waals surface area contributed by atoms with Gasteiger partial charge in [-0.2, -0.15) is 0 Å². The van der Waals surface area contributed by atoms with Crippen LogP contribution in [-0.4, -0.2) is 50.6 Å². The maximum atomic E-state index is 13.8. The van der Waals surface area contributed by atoms with Gasteiger partial charge in [0.15, 0.2) is 0 Å². The number of likely N-dealkylation sites (N-methyl/N-ethyl adjacent to an activating group) is 2. The fourth-order valence-corrected chi connectivity index (χ4v) is 2.28. The topological polar surface area (TPSA) is 35.6 Å². The average Bonchev–Trinajstić information content (AvgIpc) is 2.37. The predicted octanol–water partition coefficient (Wildman–Crippen LogP) is 0.692. The van der Waals surface area contributed by atoms with Crippen LogP contribution in [0.4, 0.5) is 10.1 Å². The summed E-state index contributed by atoms with van der Waals surface area (Å²) in [4.78, 5) is 15.7. The van der Waals surface area contributed by atoms with E-state index in [2.05, 4.69) is 5.32 Å². The number of carbonyl (C=O) groups is 1. The van der Waals surface area contributed by atoms with Crippen molar-refractivity contribution < 1.29 is 9.18 Å². The molecular formula is C13H18FN3O. The fourth-order valence-electron chi connectivity index (χ4n) is 2.28. The molecule has 2 rings (SSSR count). The highest BCUT2D eigenvalue weighted by atomic mass is 19.1. The normalized spacial score (nSPS) is 20.4. The molecule has 0 radical (unpaired) electrons. The minimum atomic E-state index is -0.342. The van der Waals surface area contributed by atoms with E-state index in [9.17, 15) is 9.18 Å². The fraction of sp³-hybridized carbons (Fsp3) is 0.462. The van der Waals surface area contributed by atoms with E-state index in [1.165, 1.54) is 6.07 Å². The number of nitrogens with zero attached hydrogens (tertiary/aromatic N) is 2. The minimum absolute atomic E-state index is 0.0267. The summed E-state index contributed by atoms with van der Waals surface area (Å²) in [6.45, 7) is 1.78. The third-order valence-corrected chi connectivity index (χ3v) is 3.27. The van der Waals surface area contributed by atoms with Gasteiger partial charge in [-0.15, -0.1) is 0 Å². The largest absolute Gasteiger partial charge is 0.354 e. The van der Waals surface area contributed by atoms with Gasteiger partial charge in [-0.25, -0.2) is 4.39 Å². The van der Waals surface area contributed by atoms with Crippen molar-refractivity contribution in [2.24, 2.45) is 0 Å². The molecular weight excluding hydrogens is 233 g/mol. The van der Waals surface area contributed by atoms with Gasteiger partial charge in [-0.05, 0) is 19.2 Å². The molecule has 1 amide bonds. The van der Waals surface area contributed by atoms with Gasteiger partial charge in [-0.1, -0.05) is 12.1 Å². The molecule has 1 unspecified atom stereocenters. The highest BCUT2D eigenvalue weighted by Crippen LogP contribution is 2.23. The molecule has 0 saturated carbocycles. The predicted molar refractivity (Wildman–Crippen MR) is 69.1 cm³/mol. The number of anilines is 1. The molecule has 1 fully saturated rings. The molecule has 1 atom stereocenters. The van der Waals surface area contributed by atoms with E-state index in [-0.39, 0.29) is 17.8 Å². The second kappa shape index (κ2) is 5.35. The van der Waals surface area contributed by atoms with E-state index in [4.69, 9.17) is 0 Å². The Labute approximate surface area is 106 Å². The Balaban J connectivity index is 2.30. The van der Waals surface area contributed by atoms with Crippen LogP contribution in [0.25, 0.3) is 0 Å². The molecule has 5 heteroatoms. The minimum Gasteiger partial charge on any atom is -0.354 e. The van der Waals surface area contributed by atoms with Crippen LogP contribution >= 0.6 is 0 Å². The zero-order valence-electron chi connectivity index (χ0n) is 10.7. The summed E-state index contributed by atoms with van der Waals surface area (Å²) in [5, 5.41) is 3.00. The lowest BCUT2D eigenvalue weighted by Crippen LogP contribution is -2.59. The Bertz CT molecular complexity index is 438. The summed E-state index contributed by atoms with van der Waals surface area (Å²) in [7, 11) is 3.57. The van der Waals surface area contributed by atoms with Crippen molar-refractivity contribution in [1.29, 1.82) is 0 Å². The monoisotopic (exact) mass is 251 g/mol. The Morgan fingerprint density at radius 2 is 2.11 bits per heavy atom. The molecule has 1 aromatic carbocycles. The van der Waals surface area contributed by atoms with Gasteiger partial charge < -0.3 is 15.1 Å². The van der Waals surface area contributed by atoms with Gasteiger partial charge in [0.25, 0.3) is 0 Å². The first-order valence-electron chi connectivity index (χ1n) is 6.06. The SMILES string of the molecule is CNCC1C(=O)N(C)CCN1c1ccccc1F. The van der Waals surface area contributed by atoms with Gasteiger partial charge in [0.2, 0.25) is 5.91 Å². The Morgan fingerprint density at radius 3 is 2.78 bits per heavy atom. The summed E-state index contributed by atoms with van der Waals surface area (Å²) in [5.74, 6) is -0.255. The molecule has 1 aromatic rings. The number of rotatable bonds is 3. The molecule has 1 aliphatic heterocycles. The zero-order valence-corrected chi connectivity index (χ0v) is 10.7. The third kappa shape index (κ3) is 2.31. The molecule has 4 nitrogen and oxygen atoms in total. The lowest BCUT2D eigenvalue weighted by Gasteiger charge is -2.40. The van der Waals surface area contributed by atoms with Crippen molar-refractivity contribution in [2.45, 2.75) is 6.04 Å². The first-order valence-corrected chi connectivity index (χ1v) is 6.06. The quantitative estimate of drug-likeness (QED) is 0.858. The summed E-state index contributed by atoms with van der Waals surface area (Å²) in [5.41, 5.74) is 0.499.